The third-order valence-electron chi connectivity index (χ3n) is 3.33. The highest BCUT2D eigenvalue weighted by Crippen LogP contribution is 2.19. The van der Waals surface area contributed by atoms with E-state index in [1.807, 2.05) is 30.3 Å². The molecule has 0 aliphatic carbocycles. The Morgan fingerprint density at radius 1 is 1.00 bits per heavy atom. The highest BCUT2D eigenvalue weighted by atomic mass is 16.5. The molecule has 0 saturated carbocycles. The van der Waals surface area contributed by atoms with E-state index in [1.54, 1.807) is 30.3 Å². The summed E-state index contributed by atoms with van der Waals surface area (Å²) in [5.41, 5.74) is 2.52. The van der Waals surface area contributed by atoms with E-state index in [-0.39, 0.29) is 11.5 Å². The van der Waals surface area contributed by atoms with Gasteiger partial charge in [-0.1, -0.05) is 47.6 Å². The number of nitrogens with one attached hydrogen (secondary N) is 1. The first-order valence-electron chi connectivity index (χ1n) is 7.08. The van der Waals surface area contributed by atoms with Gasteiger partial charge in [-0.25, -0.2) is 0 Å². The number of Topliss-reactive ketones (excluding diaryl/α,β-unsaturated/α-hetero) is 1. The molecule has 1 N–H and O–H groups in total. The Labute approximate surface area is 132 Å². The highest BCUT2D eigenvalue weighted by molar-refractivity contribution is 6.03. The monoisotopic (exact) mass is 306 g/mol. The van der Waals surface area contributed by atoms with Crippen LogP contribution in [0.25, 0.3) is 11.3 Å². The van der Waals surface area contributed by atoms with Crippen LogP contribution in [0.1, 0.15) is 27.8 Å². The molecule has 2 aromatic carbocycles. The van der Waals surface area contributed by atoms with Crippen LogP contribution in [-0.2, 0) is 0 Å². The van der Waals surface area contributed by atoms with E-state index in [0.717, 1.165) is 5.56 Å². The fourth-order valence-electron chi connectivity index (χ4n) is 2.14. The third-order valence-corrected chi connectivity index (χ3v) is 3.33. The Bertz CT molecular complexity index is 853. The zero-order valence-electron chi connectivity index (χ0n) is 12.4. The van der Waals surface area contributed by atoms with Gasteiger partial charge in [0.05, 0.1) is 0 Å². The Kier molecular flexibility index (Phi) is 4.01. The van der Waals surface area contributed by atoms with Crippen LogP contribution in [0.2, 0.25) is 0 Å². The van der Waals surface area contributed by atoms with Crippen LogP contribution in [-0.4, -0.2) is 16.8 Å². The first-order chi connectivity index (χ1) is 11.1. The van der Waals surface area contributed by atoms with Gasteiger partial charge in [-0.15, -0.1) is 0 Å². The van der Waals surface area contributed by atoms with Gasteiger partial charge in [-0.2, -0.15) is 0 Å². The zero-order chi connectivity index (χ0) is 16.2. The van der Waals surface area contributed by atoms with E-state index in [0.29, 0.717) is 16.9 Å². The normalized spacial score (nSPS) is 10.3. The molecule has 0 bridgehead atoms. The van der Waals surface area contributed by atoms with Crippen molar-refractivity contribution in [2.45, 2.75) is 6.92 Å². The van der Waals surface area contributed by atoms with Crippen LogP contribution in [0, 0.1) is 0 Å². The van der Waals surface area contributed by atoms with Crippen molar-refractivity contribution in [1.82, 2.24) is 5.16 Å². The Morgan fingerprint density at radius 3 is 2.52 bits per heavy atom. The predicted octanol–water partition coefficient (Wildman–Crippen LogP) is 3.80. The fourth-order valence-corrected chi connectivity index (χ4v) is 2.14. The number of nitrogens with zero attached hydrogens (tertiary/aromatic N) is 1. The zero-order valence-corrected chi connectivity index (χ0v) is 12.4. The summed E-state index contributed by atoms with van der Waals surface area (Å²) in [7, 11) is 0. The lowest BCUT2D eigenvalue weighted by Crippen LogP contribution is -2.11. The summed E-state index contributed by atoms with van der Waals surface area (Å²) in [6, 6.07) is 17.8. The minimum atomic E-state index is -0.416. The average molecular weight is 306 g/mol. The SMILES string of the molecule is CC(=O)c1cccc(NC(=O)c2cc(-c3ccccc3)no2)c1. The molecule has 23 heavy (non-hydrogen) atoms. The largest absolute Gasteiger partial charge is 0.350 e. The number of ketones is 1. The van der Waals surface area contributed by atoms with Crippen LogP contribution in [0.4, 0.5) is 5.69 Å². The van der Waals surface area contributed by atoms with Gasteiger partial charge in [0, 0.05) is 22.9 Å². The molecule has 0 aliphatic heterocycles. The number of carbonyl (C=O) groups is 2. The fraction of sp³-hybridized carbons (Fsp3) is 0.0556. The van der Waals surface area contributed by atoms with Crippen LogP contribution in [0.15, 0.2) is 65.2 Å². The minimum absolute atomic E-state index is 0.0628. The Morgan fingerprint density at radius 2 is 1.78 bits per heavy atom. The minimum Gasteiger partial charge on any atom is -0.350 e. The van der Waals surface area contributed by atoms with Crippen molar-refractivity contribution in [2.75, 3.05) is 5.32 Å². The van der Waals surface area contributed by atoms with E-state index >= 15 is 0 Å². The van der Waals surface area contributed by atoms with E-state index in [4.69, 9.17) is 4.52 Å². The molecule has 5 nitrogen and oxygen atoms in total. The molecule has 0 spiro atoms. The standard InChI is InChI=1S/C18H14N2O3/c1-12(21)14-8-5-9-15(10-14)19-18(22)17-11-16(20-23-17)13-6-3-2-4-7-13/h2-11H,1H3,(H,19,22). The van der Waals surface area contributed by atoms with E-state index in [1.165, 1.54) is 6.92 Å². The van der Waals surface area contributed by atoms with Gasteiger partial charge < -0.3 is 9.84 Å². The molecule has 1 amide bonds. The molecule has 0 saturated heterocycles. The second kappa shape index (κ2) is 6.27. The quantitative estimate of drug-likeness (QED) is 0.744. The molecule has 3 aromatic rings. The molecule has 1 heterocycles. The van der Waals surface area contributed by atoms with Crippen LogP contribution >= 0.6 is 0 Å². The molecule has 5 heteroatoms. The van der Waals surface area contributed by atoms with Gasteiger partial charge in [-0.3, -0.25) is 9.59 Å². The summed E-state index contributed by atoms with van der Waals surface area (Å²) in [5.74, 6) is -0.371. The summed E-state index contributed by atoms with van der Waals surface area (Å²) in [6.07, 6.45) is 0. The third kappa shape index (κ3) is 3.35. The topological polar surface area (TPSA) is 72.2 Å². The van der Waals surface area contributed by atoms with Crippen molar-refractivity contribution in [3.63, 3.8) is 0 Å². The lowest BCUT2D eigenvalue weighted by molar-refractivity contribution is 0.0984. The van der Waals surface area contributed by atoms with Gasteiger partial charge in [0.1, 0.15) is 5.69 Å². The molecular formula is C18H14N2O3. The molecule has 0 atom stereocenters. The second-order valence-corrected chi connectivity index (χ2v) is 5.03. The lowest BCUT2D eigenvalue weighted by atomic mass is 10.1. The van der Waals surface area contributed by atoms with Crippen molar-refractivity contribution in [1.29, 1.82) is 0 Å². The average Bonchev–Trinajstić information content (AvgIpc) is 3.06. The van der Waals surface area contributed by atoms with Crippen molar-refractivity contribution in [2.24, 2.45) is 0 Å². The Balaban J connectivity index is 1.78. The first kappa shape index (κ1) is 14.7. The van der Waals surface area contributed by atoms with Crippen molar-refractivity contribution < 1.29 is 14.1 Å². The van der Waals surface area contributed by atoms with Gasteiger partial charge in [0.2, 0.25) is 5.76 Å². The maximum atomic E-state index is 12.2. The summed E-state index contributed by atoms with van der Waals surface area (Å²) in [6.45, 7) is 1.48. The smallest absolute Gasteiger partial charge is 0.294 e. The summed E-state index contributed by atoms with van der Waals surface area (Å²) in [5, 5.41) is 6.60. The predicted molar refractivity (Wildman–Crippen MR) is 86.3 cm³/mol. The summed E-state index contributed by atoms with van der Waals surface area (Å²) in [4.78, 5) is 23.6. The molecule has 0 aliphatic rings. The Hall–Kier alpha value is -3.21. The number of anilines is 1. The van der Waals surface area contributed by atoms with E-state index < -0.39 is 5.91 Å². The van der Waals surface area contributed by atoms with Gasteiger partial charge in [0.25, 0.3) is 5.91 Å². The molecule has 3 rings (SSSR count). The van der Waals surface area contributed by atoms with Crippen LogP contribution in [0.3, 0.4) is 0 Å². The number of carbonyl (C=O) groups excluding carboxylic acids is 2. The number of rotatable bonds is 4. The van der Waals surface area contributed by atoms with Gasteiger partial charge >= 0.3 is 0 Å². The van der Waals surface area contributed by atoms with Gasteiger partial charge in [-0.05, 0) is 19.1 Å². The number of hydrogen-bond acceptors (Lipinski definition) is 4. The van der Waals surface area contributed by atoms with E-state index in [2.05, 4.69) is 10.5 Å². The van der Waals surface area contributed by atoms with Crippen molar-refractivity contribution in [3.05, 3.63) is 72.0 Å². The molecular weight excluding hydrogens is 292 g/mol. The summed E-state index contributed by atoms with van der Waals surface area (Å²) < 4.78 is 5.10. The van der Waals surface area contributed by atoms with Crippen LogP contribution in [0.5, 0.6) is 0 Å². The number of benzene rings is 2. The van der Waals surface area contributed by atoms with Crippen molar-refractivity contribution >= 4 is 17.4 Å². The number of amides is 1. The highest BCUT2D eigenvalue weighted by Gasteiger charge is 2.14. The molecule has 0 fully saturated rings. The van der Waals surface area contributed by atoms with E-state index in [9.17, 15) is 9.59 Å². The van der Waals surface area contributed by atoms with Crippen LogP contribution < -0.4 is 5.32 Å². The maximum absolute atomic E-state index is 12.2. The molecule has 0 unspecified atom stereocenters. The second-order valence-electron chi connectivity index (χ2n) is 5.03. The molecule has 0 radical (unpaired) electrons. The molecule has 1 aromatic heterocycles. The maximum Gasteiger partial charge on any atom is 0.294 e. The molecule has 114 valence electrons. The number of hydrogen-bond donors (Lipinski definition) is 1. The van der Waals surface area contributed by atoms with Crippen molar-refractivity contribution in [3.8, 4) is 11.3 Å². The van der Waals surface area contributed by atoms with Gasteiger partial charge in [0.15, 0.2) is 5.78 Å². The summed E-state index contributed by atoms with van der Waals surface area (Å²) >= 11 is 0. The lowest BCUT2D eigenvalue weighted by Gasteiger charge is -2.03. The number of aromatic nitrogens is 1. The first-order valence-corrected chi connectivity index (χ1v) is 7.08.